The van der Waals surface area contributed by atoms with Crippen LogP contribution < -0.4 is 0 Å². The van der Waals surface area contributed by atoms with Crippen LogP contribution in [0.4, 0.5) is 0 Å². The van der Waals surface area contributed by atoms with Gasteiger partial charge in [-0.25, -0.2) is 0 Å². The minimum atomic E-state index is -0.930. The van der Waals surface area contributed by atoms with Crippen molar-refractivity contribution in [3.05, 3.63) is 28.5 Å². The van der Waals surface area contributed by atoms with Crippen LogP contribution in [0, 0.1) is 0 Å². The quantitative estimate of drug-likeness (QED) is 0.867. The molecule has 1 N–H and O–H groups in total. The minimum absolute atomic E-state index is 0.559. The number of nitrogens with zero attached hydrogens (tertiary/aromatic N) is 1. The van der Waals surface area contributed by atoms with Crippen LogP contribution >= 0.6 is 15.9 Å². The molecule has 70 valence electrons. The van der Waals surface area contributed by atoms with Crippen molar-refractivity contribution in [2.45, 2.75) is 19.3 Å². The van der Waals surface area contributed by atoms with Gasteiger partial charge >= 0.3 is 5.97 Å². The van der Waals surface area contributed by atoms with Crippen LogP contribution in [0.1, 0.15) is 19.5 Å². The van der Waals surface area contributed by atoms with Gasteiger partial charge in [-0.3, -0.25) is 9.78 Å². The van der Waals surface area contributed by atoms with Crippen LogP contribution in [-0.2, 0) is 10.2 Å². The second-order valence-corrected chi connectivity index (χ2v) is 4.21. The van der Waals surface area contributed by atoms with Gasteiger partial charge in [0.2, 0.25) is 0 Å². The molecule has 0 atom stereocenters. The fourth-order valence-electron chi connectivity index (χ4n) is 0.855. The molecule has 0 aliphatic heterocycles. The Morgan fingerprint density at radius 3 is 2.54 bits per heavy atom. The van der Waals surface area contributed by atoms with E-state index in [9.17, 15) is 4.79 Å². The Bertz CT molecular complexity index is 319. The first-order chi connectivity index (χ1) is 5.94. The maximum Gasteiger partial charge on any atom is 0.315 e. The molecule has 0 radical (unpaired) electrons. The van der Waals surface area contributed by atoms with Crippen LogP contribution in [0.2, 0.25) is 0 Å². The van der Waals surface area contributed by atoms with Crippen molar-refractivity contribution in [3.63, 3.8) is 0 Å². The molecule has 13 heavy (non-hydrogen) atoms. The zero-order valence-electron chi connectivity index (χ0n) is 7.41. The third-order valence-corrected chi connectivity index (χ3v) is 2.37. The van der Waals surface area contributed by atoms with Gasteiger partial charge in [-0.2, -0.15) is 0 Å². The fraction of sp³-hybridized carbons (Fsp3) is 0.333. The number of halogens is 1. The van der Waals surface area contributed by atoms with Crippen molar-refractivity contribution in [2.75, 3.05) is 0 Å². The molecule has 0 saturated heterocycles. The van der Waals surface area contributed by atoms with Crippen molar-refractivity contribution in [1.82, 2.24) is 4.98 Å². The number of hydrogen-bond acceptors (Lipinski definition) is 2. The van der Waals surface area contributed by atoms with Gasteiger partial charge in [0.25, 0.3) is 0 Å². The molecule has 0 saturated carbocycles. The lowest BCUT2D eigenvalue weighted by molar-refractivity contribution is -0.142. The topological polar surface area (TPSA) is 50.2 Å². The maximum absolute atomic E-state index is 10.9. The standard InChI is InChI=1S/C9H10BrNO2/c1-9(2,8(12)13)7-4-3-6(10)5-11-7/h3-5H,1-2H3,(H,12,13). The molecule has 1 rings (SSSR count). The van der Waals surface area contributed by atoms with E-state index in [0.717, 1.165) is 4.47 Å². The highest BCUT2D eigenvalue weighted by atomic mass is 79.9. The third kappa shape index (κ3) is 2.06. The maximum atomic E-state index is 10.9. The minimum Gasteiger partial charge on any atom is -0.481 e. The average molecular weight is 244 g/mol. The van der Waals surface area contributed by atoms with Gasteiger partial charge < -0.3 is 5.11 Å². The Morgan fingerprint density at radius 2 is 2.15 bits per heavy atom. The number of pyridine rings is 1. The molecular weight excluding hydrogens is 234 g/mol. The molecule has 0 aliphatic carbocycles. The summed E-state index contributed by atoms with van der Waals surface area (Å²) in [5.74, 6) is -0.873. The summed E-state index contributed by atoms with van der Waals surface area (Å²) in [6.45, 7) is 3.26. The molecule has 1 aromatic heterocycles. The summed E-state index contributed by atoms with van der Waals surface area (Å²) in [4.78, 5) is 14.9. The monoisotopic (exact) mass is 243 g/mol. The smallest absolute Gasteiger partial charge is 0.315 e. The average Bonchev–Trinajstić information content (AvgIpc) is 2.04. The number of carboxylic acids is 1. The van der Waals surface area contributed by atoms with E-state index in [0.29, 0.717) is 5.69 Å². The second-order valence-electron chi connectivity index (χ2n) is 3.29. The predicted molar refractivity (Wildman–Crippen MR) is 52.6 cm³/mol. The molecule has 0 aliphatic rings. The SMILES string of the molecule is CC(C)(C(=O)O)c1ccc(Br)cn1. The van der Waals surface area contributed by atoms with Gasteiger partial charge in [-0.05, 0) is 41.9 Å². The van der Waals surface area contributed by atoms with E-state index in [1.54, 1.807) is 32.2 Å². The first-order valence-corrected chi connectivity index (χ1v) is 4.59. The highest BCUT2D eigenvalue weighted by Gasteiger charge is 2.30. The van der Waals surface area contributed by atoms with Crippen LogP contribution in [0.15, 0.2) is 22.8 Å². The molecule has 4 heteroatoms. The molecule has 0 fully saturated rings. The van der Waals surface area contributed by atoms with Crippen molar-refractivity contribution >= 4 is 21.9 Å². The van der Waals surface area contributed by atoms with E-state index < -0.39 is 11.4 Å². The number of carboxylic acid groups (broad SMARTS) is 1. The van der Waals surface area contributed by atoms with Crippen molar-refractivity contribution in [2.24, 2.45) is 0 Å². The molecule has 3 nitrogen and oxygen atoms in total. The van der Waals surface area contributed by atoms with E-state index in [4.69, 9.17) is 5.11 Å². The van der Waals surface area contributed by atoms with E-state index in [1.807, 2.05) is 0 Å². The molecule has 1 aromatic rings. The Kier molecular flexibility index (Phi) is 2.71. The number of aliphatic carboxylic acids is 1. The Hall–Kier alpha value is -0.900. The van der Waals surface area contributed by atoms with Crippen LogP contribution in [0.5, 0.6) is 0 Å². The Balaban J connectivity index is 3.08. The lowest BCUT2D eigenvalue weighted by Gasteiger charge is -2.17. The summed E-state index contributed by atoms with van der Waals surface area (Å²) in [5, 5.41) is 8.91. The highest BCUT2D eigenvalue weighted by Crippen LogP contribution is 2.22. The Labute approximate surface area is 84.9 Å². The largest absolute Gasteiger partial charge is 0.481 e. The van der Waals surface area contributed by atoms with Crippen molar-refractivity contribution < 1.29 is 9.90 Å². The summed E-state index contributed by atoms with van der Waals surface area (Å²) < 4.78 is 0.845. The Morgan fingerprint density at radius 1 is 1.54 bits per heavy atom. The van der Waals surface area contributed by atoms with Crippen molar-refractivity contribution in [1.29, 1.82) is 0 Å². The molecule has 0 unspecified atom stereocenters. The van der Waals surface area contributed by atoms with Gasteiger partial charge in [-0.15, -0.1) is 0 Å². The van der Waals surface area contributed by atoms with E-state index in [2.05, 4.69) is 20.9 Å². The lowest BCUT2D eigenvalue weighted by atomic mass is 9.89. The molecular formula is C9H10BrNO2. The summed E-state index contributed by atoms with van der Waals surface area (Å²) in [6, 6.07) is 3.49. The summed E-state index contributed by atoms with van der Waals surface area (Å²) in [7, 11) is 0. The van der Waals surface area contributed by atoms with E-state index in [-0.39, 0.29) is 0 Å². The fourth-order valence-corrected chi connectivity index (χ4v) is 1.09. The highest BCUT2D eigenvalue weighted by molar-refractivity contribution is 9.10. The van der Waals surface area contributed by atoms with Gasteiger partial charge in [0.05, 0.1) is 5.69 Å². The summed E-state index contributed by atoms with van der Waals surface area (Å²) in [5.41, 5.74) is -0.371. The summed E-state index contributed by atoms with van der Waals surface area (Å²) >= 11 is 3.24. The first kappa shape index (κ1) is 10.2. The number of rotatable bonds is 2. The third-order valence-electron chi connectivity index (χ3n) is 1.90. The molecule has 0 amide bonds. The van der Waals surface area contributed by atoms with Crippen LogP contribution in [-0.4, -0.2) is 16.1 Å². The zero-order valence-corrected chi connectivity index (χ0v) is 9.00. The van der Waals surface area contributed by atoms with Gasteiger partial charge in [0.15, 0.2) is 0 Å². The number of aromatic nitrogens is 1. The van der Waals surface area contributed by atoms with E-state index >= 15 is 0 Å². The van der Waals surface area contributed by atoms with Crippen LogP contribution in [0.3, 0.4) is 0 Å². The number of carbonyl (C=O) groups is 1. The van der Waals surface area contributed by atoms with Gasteiger partial charge in [0.1, 0.15) is 5.41 Å². The predicted octanol–water partition coefficient (Wildman–Crippen LogP) is 2.21. The van der Waals surface area contributed by atoms with Crippen LogP contribution in [0.25, 0.3) is 0 Å². The number of hydrogen-bond donors (Lipinski definition) is 1. The molecule has 0 bridgehead atoms. The van der Waals surface area contributed by atoms with Gasteiger partial charge in [-0.1, -0.05) is 0 Å². The molecule has 1 heterocycles. The van der Waals surface area contributed by atoms with Crippen molar-refractivity contribution in [3.8, 4) is 0 Å². The lowest BCUT2D eigenvalue weighted by Crippen LogP contribution is -2.29. The van der Waals surface area contributed by atoms with Gasteiger partial charge in [0, 0.05) is 10.7 Å². The zero-order chi connectivity index (χ0) is 10.1. The second kappa shape index (κ2) is 3.46. The molecule has 0 aromatic carbocycles. The first-order valence-electron chi connectivity index (χ1n) is 3.80. The molecule has 0 spiro atoms. The summed E-state index contributed by atoms with van der Waals surface area (Å²) in [6.07, 6.45) is 1.60. The normalized spacial score (nSPS) is 11.3. The van der Waals surface area contributed by atoms with E-state index in [1.165, 1.54) is 0 Å².